The summed E-state index contributed by atoms with van der Waals surface area (Å²) in [6.45, 7) is 17.6. The number of nitrogens with one attached hydrogen (secondary N) is 1. The summed E-state index contributed by atoms with van der Waals surface area (Å²) in [7, 11) is 3.04. The fourth-order valence-corrected chi connectivity index (χ4v) is 6.79. The van der Waals surface area contributed by atoms with Crippen LogP contribution in [0.5, 0.6) is 23.0 Å². The average Bonchev–Trinajstić information content (AvgIpc) is 3.11. The molecule has 0 fully saturated rings. The third-order valence-electron chi connectivity index (χ3n) is 8.72. The minimum atomic E-state index is -4.97. The highest BCUT2D eigenvalue weighted by atomic mass is 32.2. The third kappa shape index (κ3) is 14.9. The Morgan fingerprint density at radius 3 is 2.07 bits per heavy atom. The highest BCUT2D eigenvalue weighted by Gasteiger charge is 2.45. The van der Waals surface area contributed by atoms with Crippen molar-refractivity contribution in [3.05, 3.63) is 101 Å². The molecule has 11 nitrogen and oxygen atoms in total. The van der Waals surface area contributed by atoms with Gasteiger partial charge in [-0.25, -0.2) is 8.42 Å². The van der Waals surface area contributed by atoms with E-state index in [4.69, 9.17) is 19.9 Å². The quantitative estimate of drug-likeness (QED) is 0.129. The molecule has 0 aliphatic rings. The van der Waals surface area contributed by atoms with Gasteiger partial charge in [0.05, 0.1) is 26.4 Å². The lowest BCUT2D eigenvalue weighted by molar-refractivity contribution is -0.275. The SMILES string of the molecule is C/C=C(\C(C[C@H](C)OCC)NC(C(C)=O)(c1cc(O)ccc1C)c1cc(C)ccc1OC)N(C)C.C=C(N)CC.COc1ccc(S(C)(=O)=O)c(OC(F)(F)F)c1. The first-order valence-electron chi connectivity index (χ1n) is 18.2. The van der Waals surface area contributed by atoms with Crippen LogP contribution in [0.2, 0.25) is 0 Å². The van der Waals surface area contributed by atoms with Crippen LogP contribution in [0.15, 0.2) is 83.5 Å². The molecule has 0 aliphatic carbocycles. The van der Waals surface area contributed by atoms with E-state index in [9.17, 15) is 31.5 Å². The van der Waals surface area contributed by atoms with Gasteiger partial charge >= 0.3 is 6.36 Å². The zero-order chi connectivity index (χ0) is 43.9. The maximum Gasteiger partial charge on any atom is 0.573 e. The van der Waals surface area contributed by atoms with E-state index in [2.05, 4.69) is 27.6 Å². The zero-order valence-corrected chi connectivity index (χ0v) is 35.9. The number of carbonyl (C=O) groups excluding carboxylic acids is 1. The number of allylic oxidation sites excluding steroid dienone is 2. The van der Waals surface area contributed by atoms with Gasteiger partial charge < -0.3 is 34.7 Å². The van der Waals surface area contributed by atoms with E-state index in [0.29, 0.717) is 29.9 Å². The number of benzene rings is 3. The lowest BCUT2D eigenvalue weighted by Crippen LogP contribution is -2.56. The van der Waals surface area contributed by atoms with E-state index in [1.54, 1.807) is 26.2 Å². The first-order valence-corrected chi connectivity index (χ1v) is 20.1. The normalized spacial score (nSPS) is 13.7. The van der Waals surface area contributed by atoms with Crippen molar-refractivity contribution in [2.75, 3.05) is 41.2 Å². The van der Waals surface area contributed by atoms with Gasteiger partial charge in [0.25, 0.3) is 0 Å². The van der Waals surface area contributed by atoms with Crippen LogP contribution in [0.1, 0.15) is 69.7 Å². The molecule has 0 saturated heterocycles. The van der Waals surface area contributed by atoms with E-state index in [1.165, 1.54) is 13.2 Å². The standard InChI is InChI=1S/C29H42N2O4.C9H9F3O4S.C4H9N/c1-10-27(31(7)8)26(17-21(5)35-11-2)30-29(22(6)32,24-18-23(33)14-13-20(24)4)25-16-19(3)12-15-28(25)34-9;1-15-6-3-4-8(17(2,13)14)7(5-6)16-9(10,11)12;1-3-4(2)5/h10,12-16,18,21,26,30,33H,11,17H2,1-9H3;3-5H,1-2H3;2-3,5H2,1H3/b27-10+;;/t21-,26?,29?;;/m0../s1. The van der Waals surface area contributed by atoms with Crippen molar-refractivity contribution in [2.24, 2.45) is 5.73 Å². The lowest BCUT2D eigenvalue weighted by atomic mass is 9.75. The third-order valence-corrected chi connectivity index (χ3v) is 9.86. The molecule has 0 heterocycles. The van der Waals surface area contributed by atoms with Gasteiger partial charge in [0.1, 0.15) is 27.7 Å². The number of sulfone groups is 1. The summed E-state index contributed by atoms with van der Waals surface area (Å²) in [6, 6.07) is 13.9. The van der Waals surface area contributed by atoms with Gasteiger partial charge in [-0.05, 0) is 102 Å². The predicted molar refractivity (Wildman–Crippen MR) is 219 cm³/mol. The van der Waals surface area contributed by atoms with Crippen molar-refractivity contribution in [1.29, 1.82) is 0 Å². The number of carbonyl (C=O) groups is 1. The first-order chi connectivity index (χ1) is 26.4. The monoisotopic (exact) mass is 823 g/mol. The van der Waals surface area contributed by atoms with Crippen molar-refractivity contribution in [3.8, 4) is 23.0 Å². The number of phenolic OH excluding ortho intramolecular Hbond substituents is 1. The van der Waals surface area contributed by atoms with E-state index < -0.39 is 32.4 Å². The summed E-state index contributed by atoms with van der Waals surface area (Å²) in [6.07, 6.45) is -0.623. The van der Waals surface area contributed by atoms with Crippen LogP contribution in [0, 0.1) is 13.8 Å². The molecule has 57 heavy (non-hydrogen) atoms. The molecule has 0 amide bonds. The van der Waals surface area contributed by atoms with Crippen molar-refractivity contribution in [3.63, 3.8) is 0 Å². The first kappa shape index (κ1) is 50.3. The number of nitrogens with two attached hydrogens (primary N) is 1. The van der Waals surface area contributed by atoms with Crippen LogP contribution >= 0.6 is 0 Å². The smallest absolute Gasteiger partial charge is 0.508 e. The molecule has 0 bridgehead atoms. The number of ketones is 1. The molecule has 3 aromatic rings. The number of alkyl halides is 3. The Labute approximate surface area is 336 Å². The number of hydrogen-bond acceptors (Lipinski definition) is 11. The number of phenols is 1. The Kier molecular flexibility index (Phi) is 19.7. The van der Waals surface area contributed by atoms with Gasteiger partial charge in [-0.3, -0.25) is 10.1 Å². The van der Waals surface area contributed by atoms with Gasteiger partial charge in [0.15, 0.2) is 21.4 Å². The molecular weight excluding hydrogens is 764 g/mol. The number of hydrogen-bond donors (Lipinski definition) is 3. The highest BCUT2D eigenvalue weighted by Crippen LogP contribution is 2.41. The lowest BCUT2D eigenvalue weighted by Gasteiger charge is -2.41. The fraction of sp³-hybridized carbons (Fsp3) is 0.452. The molecule has 0 saturated carbocycles. The number of rotatable bonds is 16. The summed E-state index contributed by atoms with van der Waals surface area (Å²) in [5.41, 5.74) is 8.90. The van der Waals surface area contributed by atoms with Gasteiger partial charge in [-0.1, -0.05) is 37.3 Å². The number of likely N-dealkylation sites (N-methyl/N-ethyl adjacent to an activating group) is 1. The Bertz CT molecular complexity index is 1930. The highest BCUT2D eigenvalue weighted by molar-refractivity contribution is 7.90. The average molecular weight is 824 g/mol. The Balaban J connectivity index is 0.000000609. The largest absolute Gasteiger partial charge is 0.573 e. The molecule has 0 radical (unpaired) electrons. The van der Waals surface area contributed by atoms with Crippen molar-refractivity contribution in [1.82, 2.24) is 10.2 Å². The molecule has 15 heteroatoms. The topological polar surface area (TPSA) is 150 Å². The van der Waals surface area contributed by atoms with Gasteiger partial charge in [0, 0.05) is 50.0 Å². The number of methoxy groups -OCH3 is 2. The molecule has 318 valence electrons. The summed E-state index contributed by atoms with van der Waals surface area (Å²) in [5, 5.41) is 14.3. The predicted octanol–water partition coefficient (Wildman–Crippen LogP) is 7.96. The number of aryl methyl sites for hydroxylation is 2. The molecular formula is C42H60F3N3O8S. The van der Waals surface area contributed by atoms with Crippen molar-refractivity contribution >= 4 is 15.6 Å². The minimum Gasteiger partial charge on any atom is -0.508 e. The van der Waals surface area contributed by atoms with Crippen LogP contribution in [0.3, 0.4) is 0 Å². The minimum absolute atomic E-state index is 0.0401. The van der Waals surface area contributed by atoms with Crippen molar-refractivity contribution < 1.29 is 50.4 Å². The van der Waals surface area contributed by atoms with E-state index in [-0.39, 0.29) is 29.4 Å². The Morgan fingerprint density at radius 1 is 1.00 bits per heavy atom. The van der Waals surface area contributed by atoms with Gasteiger partial charge in [-0.2, -0.15) is 0 Å². The Morgan fingerprint density at radius 2 is 1.61 bits per heavy atom. The van der Waals surface area contributed by atoms with E-state index in [1.807, 2.05) is 79.9 Å². The van der Waals surface area contributed by atoms with Crippen molar-refractivity contribution in [2.45, 2.75) is 90.3 Å². The second-order valence-corrected chi connectivity index (χ2v) is 15.4. The van der Waals surface area contributed by atoms with Crippen LogP contribution in [0.4, 0.5) is 13.2 Å². The zero-order valence-electron chi connectivity index (χ0n) is 35.1. The molecule has 3 aromatic carbocycles. The van der Waals surface area contributed by atoms with Crippen LogP contribution in [-0.4, -0.2) is 83.9 Å². The number of ether oxygens (including phenoxy) is 4. The molecule has 3 rings (SSSR count). The molecule has 3 atom stereocenters. The van der Waals surface area contributed by atoms with Crippen LogP contribution < -0.4 is 25.3 Å². The Hall–Kier alpha value is -4.73. The summed E-state index contributed by atoms with van der Waals surface area (Å²) >= 11 is 0. The number of Topliss-reactive ketones (excluding diaryl/α,β-unsaturated/α-hetero) is 1. The fourth-order valence-electron chi connectivity index (χ4n) is 6.01. The van der Waals surface area contributed by atoms with Gasteiger partial charge in [0.2, 0.25) is 0 Å². The van der Waals surface area contributed by atoms with Crippen LogP contribution in [0.25, 0.3) is 0 Å². The number of halogens is 3. The van der Waals surface area contributed by atoms with E-state index in [0.717, 1.165) is 47.3 Å². The van der Waals surface area contributed by atoms with E-state index >= 15 is 0 Å². The maximum absolute atomic E-state index is 13.9. The second-order valence-electron chi connectivity index (χ2n) is 13.5. The summed E-state index contributed by atoms with van der Waals surface area (Å²) in [5.74, 6) is -0.137. The van der Waals surface area contributed by atoms with Crippen LogP contribution in [-0.2, 0) is 24.9 Å². The molecule has 0 aliphatic heterocycles. The maximum atomic E-state index is 13.9. The molecule has 4 N–H and O–H groups in total. The second kappa shape index (κ2) is 22.3. The van der Waals surface area contributed by atoms with Gasteiger partial charge in [-0.15, -0.1) is 13.2 Å². The summed E-state index contributed by atoms with van der Waals surface area (Å²) in [4.78, 5) is 15.4. The molecule has 0 aromatic heterocycles. The number of nitrogens with zero attached hydrogens (tertiary/aromatic N) is 1. The molecule has 0 spiro atoms. The number of aromatic hydroxyl groups is 1. The molecule has 2 unspecified atom stereocenters. The summed E-state index contributed by atoms with van der Waals surface area (Å²) < 4.78 is 78.8.